The van der Waals surface area contributed by atoms with Crippen LogP contribution in [0.25, 0.3) is 0 Å². The maximum atomic E-state index is 13.7. The topological polar surface area (TPSA) is 75.7 Å². The van der Waals surface area contributed by atoms with E-state index in [0.29, 0.717) is 42.0 Å². The maximum absolute atomic E-state index is 13.7. The Morgan fingerprint density at radius 2 is 1.94 bits per heavy atom. The van der Waals surface area contributed by atoms with Gasteiger partial charge in [-0.15, -0.1) is 0 Å². The van der Waals surface area contributed by atoms with Crippen molar-refractivity contribution in [1.29, 1.82) is 0 Å². The molecule has 1 unspecified atom stereocenters. The van der Waals surface area contributed by atoms with E-state index >= 15 is 0 Å². The lowest BCUT2D eigenvalue weighted by Crippen LogP contribution is -2.70. The number of amides is 3. The number of hydrogen-bond acceptors (Lipinski definition) is 4. The second-order valence-electron chi connectivity index (χ2n) is 8.55. The second kappa shape index (κ2) is 10.8. The number of benzene rings is 1. The lowest BCUT2D eigenvalue weighted by Gasteiger charge is -2.44. The van der Waals surface area contributed by atoms with Crippen molar-refractivity contribution >= 4 is 29.5 Å². The van der Waals surface area contributed by atoms with E-state index in [1.807, 2.05) is 11.4 Å². The van der Waals surface area contributed by atoms with Gasteiger partial charge >= 0.3 is 18.2 Å². The van der Waals surface area contributed by atoms with Crippen molar-refractivity contribution < 1.29 is 32.3 Å². The number of hydrogen-bond donors (Lipinski definition) is 1. The normalized spacial score (nSPS) is 22.5. The number of alkyl halides is 3. The molecule has 3 amide bonds. The Kier molecular flexibility index (Phi) is 8.26. The highest BCUT2D eigenvalue weighted by molar-refractivity contribution is 6.30. The number of rotatable bonds is 7. The van der Waals surface area contributed by atoms with Gasteiger partial charge in [0, 0.05) is 5.02 Å². The van der Waals surface area contributed by atoms with E-state index in [0.717, 1.165) is 12.0 Å². The molecule has 10 heteroatoms. The van der Waals surface area contributed by atoms with E-state index in [-0.39, 0.29) is 13.0 Å². The van der Waals surface area contributed by atoms with Crippen LogP contribution in [0.4, 0.5) is 18.0 Å². The average Bonchev–Trinajstić information content (AvgIpc) is 2.75. The molecule has 2 aliphatic rings. The zero-order valence-corrected chi connectivity index (χ0v) is 19.1. The van der Waals surface area contributed by atoms with Crippen LogP contribution < -0.4 is 5.32 Å². The van der Waals surface area contributed by atoms with Crippen LogP contribution in [-0.2, 0) is 20.7 Å². The quantitative estimate of drug-likeness (QED) is 0.438. The van der Waals surface area contributed by atoms with Crippen LogP contribution in [0.5, 0.6) is 0 Å². The molecule has 1 heterocycles. The van der Waals surface area contributed by atoms with Gasteiger partial charge in [0.25, 0.3) is 0 Å². The summed E-state index contributed by atoms with van der Waals surface area (Å²) in [5.41, 5.74) is 0.843. The molecule has 1 saturated heterocycles. The third-order valence-electron chi connectivity index (χ3n) is 6.35. The van der Waals surface area contributed by atoms with E-state index in [9.17, 15) is 27.6 Å². The summed E-state index contributed by atoms with van der Waals surface area (Å²) in [7, 11) is 0. The highest BCUT2D eigenvalue weighted by Gasteiger charge is 2.56. The van der Waals surface area contributed by atoms with Gasteiger partial charge < -0.3 is 10.1 Å². The molecule has 3 rings (SSSR count). The summed E-state index contributed by atoms with van der Waals surface area (Å²) in [6, 6.07) is 2.49. The number of nitrogens with one attached hydrogen (secondary N) is 1. The number of carbonyl (C=O) groups is 3. The number of esters is 1. The molecule has 6 nitrogen and oxygen atoms in total. The van der Waals surface area contributed by atoms with Crippen molar-refractivity contribution in [1.82, 2.24) is 10.2 Å². The highest BCUT2D eigenvalue weighted by atomic mass is 35.5. The van der Waals surface area contributed by atoms with Gasteiger partial charge in [-0.3, -0.25) is 4.79 Å². The minimum atomic E-state index is -4.66. The van der Waals surface area contributed by atoms with Crippen molar-refractivity contribution in [3.8, 4) is 0 Å². The highest BCUT2D eigenvalue weighted by Crippen LogP contribution is 2.36. The number of halogens is 4. The number of ether oxygens (including phenoxy) is 1. The van der Waals surface area contributed by atoms with Crippen molar-refractivity contribution in [2.45, 2.75) is 70.1 Å². The summed E-state index contributed by atoms with van der Waals surface area (Å²) in [6.07, 6.45) is -1.13. The van der Waals surface area contributed by atoms with Crippen molar-refractivity contribution in [2.75, 3.05) is 6.61 Å². The largest absolute Gasteiger partial charge is 0.464 e. The molecule has 0 radical (unpaired) electrons. The molecule has 1 aliphatic carbocycles. The van der Waals surface area contributed by atoms with Crippen LogP contribution in [0.15, 0.2) is 24.3 Å². The number of carbonyl (C=O) groups excluding carboxylic acids is 3. The molecule has 0 aromatic heterocycles. The van der Waals surface area contributed by atoms with Crippen LogP contribution in [0.3, 0.4) is 0 Å². The SMILES string of the molecule is CCOC(=O)C1[C@@H](CCc2cccc(Cl)c2)C(=O)N1C(=O)N[C@@H](C1CCCCC1)C(F)(F)F. The lowest BCUT2D eigenvalue weighted by atomic mass is 9.82. The molecular formula is C23H28ClF3N2O4. The lowest BCUT2D eigenvalue weighted by molar-refractivity contribution is -0.174. The summed E-state index contributed by atoms with van der Waals surface area (Å²) in [6.45, 7) is 1.60. The minimum absolute atomic E-state index is 0.0211. The molecule has 1 saturated carbocycles. The number of likely N-dealkylation sites (tertiary alicyclic amines) is 1. The third kappa shape index (κ3) is 5.99. The Balaban J connectivity index is 1.73. The Morgan fingerprint density at radius 3 is 2.55 bits per heavy atom. The fraction of sp³-hybridized carbons (Fsp3) is 0.609. The van der Waals surface area contributed by atoms with E-state index in [1.54, 1.807) is 25.1 Å². The fourth-order valence-electron chi connectivity index (χ4n) is 4.71. The summed E-state index contributed by atoms with van der Waals surface area (Å²) in [5.74, 6) is -3.09. The fourth-order valence-corrected chi connectivity index (χ4v) is 4.92. The summed E-state index contributed by atoms with van der Waals surface area (Å²) >= 11 is 5.98. The summed E-state index contributed by atoms with van der Waals surface area (Å²) in [4.78, 5) is 38.6. The first-order valence-electron chi connectivity index (χ1n) is 11.2. The number of β-lactam (4-membered cyclic amide) rings is 1. The smallest absolute Gasteiger partial charge is 0.408 e. The maximum Gasteiger partial charge on any atom is 0.408 e. The van der Waals surface area contributed by atoms with E-state index in [2.05, 4.69) is 0 Å². The third-order valence-corrected chi connectivity index (χ3v) is 6.58. The average molecular weight is 489 g/mol. The summed E-state index contributed by atoms with van der Waals surface area (Å²) < 4.78 is 46.2. The standard InChI is InChI=1S/C23H28ClF3N2O4/c1-2-33-21(31)18-17(12-11-14-7-6-10-16(24)13-14)20(30)29(18)22(32)28-19(23(25,26)27)15-8-4-3-5-9-15/h6-7,10,13,15,17-19H,2-5,8-9,11-12H2,1H3,(H,28,32)/t17-,18?,19+/m1/s1. The Morgan fingerprint density at radius 1 is 1.24 bits per heavy atom. The molecule has 2 fully saturated rings. The van der Waals surface area contributed by atoms with Gasteiger partial charge in [0.15, 0.2) is 6.04 Å². The Bertz CT molecular complexity index is 874. The van der Waals surface area contributed by atoms with Gasteiger partial charge in [-0.25, -0.2) is 14.5 Å². The molecule has 0 bridgehead atoms. The van der Waals surface area contributed by atoms with Crippen molar-refractivity contribution in [3.05, 3.63) is 34.9 Å². The second-order valence-corrected chi connectivity index (χ2v) is 8.98. The molecule has 1 aromatic carbocycles. The monoisotopic (exact) mass is 488 g/mol. The predicted molar refractivity (Wildman–Crippen MR) is 115 cm³/mol. The zero-order valence-electron chi connectivity index (χ0n) is 18.4. The number of aryl methyl sites for hydroxylation is 1. The first kappa shape index (κ1) is 25.3. The first-order chi connectivity index (χ1) is 15.6. The summed E-state index contributed by atoms with van der Waals surface area (Å²) in [5, 5.41) is 2.53. The van der Waals surface area contributed by atoms with Gasteiger partial charge in [0.2, 0.25) is 5.91 Å². The molecular weight excluding hydrogens is 461 g/mol. The number of imide groups is 1. The Labute approximate surface area is 195 Å². The van der Waals surface area contributed by atoms with Gasteiger partial charge in [0.1, 0.15) is 6.04 Å². The van der Waals surface area contributed by atoms with Crippen LogP contribution in [-0.4, -0.2) is 47.7 Å². The van der Waals surface area contributed by atoms with E-state index in [1.165, 1.54) is 0 Å². The predicted octanol–water partition coefficient (Wildman–Crippen LogP) is 4.88. The van der Waals surface area contributed by atoms with Gasteiger partial charge in [0.05, 0.1) is 12.5 Å². The van der Waals surface area contributed by atoms with Crippen LogP contribution in [0.1, 0.15) is 51.0 Å². The van der Waals surface area contributed by atoms with Gasteiger partial charge in [-0.1, -0.05) is 43.0 Å². The van der Waals surface area contributed by atoms with Gasteiger partial charge in [-0.2, -0.15) is 13.2 Å². The first-order valence-corrected chi connectivity index (χ1v) is 11.6. The molecule has 33 heavy (non-hydrogen) atoms. The van der Waals surface area contributed by atoms with Crippen LogP contribution >= 0.6 is 11.6 Å². The van der Waals surface area contributed by atoms with Crippen LogP contribution in [0, 0.1) is 11.8 Å². The van der Waals surface area contributed by atoms with Crippen LogP contribution in [0.2, 0.25) is 5.02 Å². The molecule has 3 atom stereocenters. The zero-order chi connectivity index (χ0) is 24.2. The number of nitrogens with zero attached hydrogens (tertiary/aromatic N) is 1. The number of urea groups is 1. The van der Waals surface area contributed by atoms with E-state index in [4.69, 9.17) is 16.3 Å². The van der Waals surface area contributed by atoms with Crippen molar-refractivity contribution in [2.24, 2.45) is 11.8 Å². The molecule has 182 valence electrons. The molecule has 1 N–H and O–H groups in total. The Hall–Kier alpha value is -2.29. The molecule has 0 spiro atoms. The molecule has 1 aliphatic heterocycles. The molecule has 1 aromatic rings. The van der Waals surface area contributed by atoms with Gasteiger partial charge in [-0.05, 0) is 56.2 Å². The minimum Gasteiger partial charge on any atom is -0.464 e. The van der Waals surface area contributed by atoms with E-state index < -0.39 is 48.0 Å². The van der Waals surface area contributed by atoms with Crippen molar-refractivity contribution in [3.63, 3.8) is 0 Å².